The summed E-state index contributed by atoms with van der Waals surface area (Å²) < 4.78 is 0. The summed E-state index contributed by atoms with van der Waals surface area (Å²) in [5, 5.41) is 0. The Morgan fingerprint density at radius 2 is 1.67 bits per heavy atom. The molecule has 4 rings (SSSR count). The van der Waals surface area contributed by atoms with E-state index >= 15 is 0 Å². The summed E-state index contributed by atoms with van der Waals surface area (Å²) in [4.78, 5) is 6.89. The number of nitrogens with zero attached hydrogens (tertiary/aromatic N) is 2. The maximum Gasteiger partial charge on any atom is 0.0722 e. The average molecular weight is 272 g/mol. The van der Waals surface area contributed by atoms with Crippen LogP contribution in [-0.4, -0.2) is 11.5 Å². The van der Waals surface area contributed by atoms with Gasteiger partial charge >= 0.3 is 0 Å². The number of benzene rings is 2. The standard InChI is InChI=1S/C19H16N2/c1-2-6-15(7-3-1)18-14-17(10-12-20-18)21-13-11-16-8-4-5-9-19(16)21/h1-10,12,14H,11,13H2. The lowest BCUT2D eigenvalue weighted by molar-refractivity contribution is 0.996. The van der Waals surface area contributed by atoms with Crippen molar-refractivity contribution in [2.45, 2.75) is 6.42 Å². The zero-order valence-electron chi connectivity index (χ0n) is 11.7. The Labute approximate surface area is 124 Å². The molecule has 3 aromatic rings. The molecule has 0 saturated heterocycles. The third kappa shape index (κ3) is 2.19. The highest BCUT2D eigenvalue weighted by atomic mass is 15.2. The Morgan fingerprint density at radius 1 is 0.857 bits per heavy atom. The monoisotopic (exact) mass is 272 g/mol. The summed E-state index contributed by atoms with van der Waals surface area (Å²) in [5.74, 6) is 0. The number of rotatable bonds is 2. The van der Waals surface area contributed by atoms with E-state index in [1.165, 1.54) is 16.9 Å². The topological polar surface area (TPSA) is 16.1 Å². The largest absolute Gasteiger partial charge is 0.341 e. The van der Waals surface area contributed by atoms with E-state index in [0.717, 1.165) is 24.2 Å². The van der Waals surface area contributed by atoms with Crippen LogP contribution in [0.15, 0.2) is 72.9 Å². The van der Waals surface area contributed by atoms with E-state index in [2.05, 4.69) is 70.5 Å². The Balaban J connectivity index is 1.75. The van der Waals surface area contributed by atoms with E-state index in [0.29, 0.717) is 0 Å². The summed E-state index contributed by atoms with van der Waals surface area (Å²) >= 11 is 0. The number of fused-ring (bicyclic) bond motifs is 1. The SMILES string of the molecule is c1ccc(-c2cc(N3CCc4ccccc43)ccn2)cc1. The van der Waals surface area contributed by atoms with E-state index in [1.807, 2.05) is 12.3 Å². The summed E-state index contributed by atoms with van der Waals surface area (Å²) in [5.41, 5.74) is 6.15. The van der Waals surface area contributed by atoms with Crippen LogP contribution in [0.3, 0.4) is 0 Å². The number of pyridine rings is 1. The van der Waals surface area contributed by atoms with Crippen LogP contribution in [0.5, 0.6) is 0 Å². The summed E-state index contributed by atoms with van der Waals surface area (Å²) in [7, 11) is 0. The fraction of sp³-hybridized carbons (Fsp3) is 0.105. The van der Waals surface area contributed by atoms with E-state index in [1.54, 1.807) is 0 Å². The van der Waals surface area contributed by atoms with Gasteiger partial charge in [-0.25, -0.2) is 0 Å². The van der Waals surface area contributed by atoms with Crippen molar-refractivity contribution in [2.75, 3.05) is 11.4 Å². The van der Waals surface area contributed by atoms with Crippen LogP contribution in [0.25, 0.3) is 11.3 Å². The first-order chi connectivity index (χ1) is 10.4. The lowest BCUT2D eigenvalue weighted by Crippen LogP contribution is -2.13. The van der Waals surface area contributed by atoms with Crippen molar-refractivity contribution in [1.29, 1.82) is 0 Å². The fourth-order valence-electron chi connectivity index (χ4n) is 2.96. The van der Waals surface area contributed by atoms with Crippen molar-refractivity contribution < 1.29 is 0 Å². The van der Waals surface area contributed by atoms with Crippen LogP contribution in [0.2, 0.25) is 0 Å². The smallest absolute Gasteiger partial charge is 0.0722 e. The molecule has 0 fully saturated rings. The van der Waals surface area contributed by atoms with Gasteiger partial charge in [-0.15, -0.1) is 0 Å². The summed E-state index contributed by atoms with van der Waals surface area (Å²) in [6, 6.07) is 23.2. The minimum absolute atomic E-state index is 1.03. The molecule has 0 N–H and O–H groups in total. The predicted octanol–water partition coefficient (Wildman–Crippen LogP) is 4.44. The molecule has 2 heterocycles. The van der Waals surface area contributed by atoms with Gasteiger partial charge in [0, 0.05) is 29.7 Å². The Bertz CT molecular complexity index is 765. The molecule has 102 valence electrons. The molecule has 2 aromatic carbocycles. The first-order valence-corrected chi connectivity index (χ1v) is 7.29. The molecule has 0 aliphatic carbocycles. The second-order valence-corrected chi connectivity index (χ2v) is 5.30. The third-order valence-corrected chi connectivity index (χ3v) is 4.01. The van der Waals surface area contributed by atoms with Crippen molar-refractivity contribution in [3.63, 3.8) is 0 Å². The van der Waals surface area contributed by atoms with E-state index in [9.17, 15) is 0 Å². The van der Waals surface area contributed by atoms with Gasteiger partial charge in [0.25, 0.3) is 0 Å². The van der Waals surface area contributed by atoms with Crippen molar-refractivity contribution in [3.8, 4) is 11.3 Å². The molecule has 1 aliphatic rings. The van der Waals surface area contributed by atoms with Gasteiger partial charge in [0.15, 0.2) is 0 Å². The number of anilines is 2. The average Bonchev–Trinajstić information content (AvgIpc) is 3.00. The first-order valence-electron chi connectivity index (χ1n) is 7.29. The van der Waals surface area contributed by atoms with Crippen LogP contribution < -0.4 is 4.90 Å². The van der Waals surface area contributed by atoms with Gasteiger partial charge < -0.3 is 4.90 Å². The normalized spacial score (nSPS) is 13.2. The van der Waals surface area contributed by atoms with Crippen molar-refractivity contribution in [1.82, 2.24) is 4.98 Å². The minimum Gasteiger partial charge on any atom is -0.341 e. The van der Waals surface area contributed by atoms with Gasteiger partial charge in [-0.1, -0.05) is 48.5 Å². The molecule has 0 radical (unpaired) electrons. The molecular formula is C19H16N2. The molecule has 0 bridgehead atoms. The zero-order chi connectivity index (χ0) is 14.1. The molecule has 2 heteroatoms. The molecule has 0 atom stereocenters. The van der Waals surface area contributed by atoms with Crippen molar-refractivity contribution >= 4 is 11.4 Å². The van der Waals surface area contributed by atoms with Crippen LogP contribution in [-0.2, 0) is 6.42 Å². The number of para-hydroxylation sites is 1. The number of aromatic nitrogens is 1. The quantitative estimate of drug-likeness (QED) is 0.685. The molecule has 0 saturated carbocycles. The lowest BCUT2D eigenvalue weighted by atomic mass is 10.1. The van der Waals surface area contributed by atoms with Gasteiger partial charge in [0.1, 0.15) is 0 Å². The van der Waals surface area contributed by atoms with Gasteiger partial charge in [0.05, 0.1) is 5.69 Å². The highest BCUT2D eigenvalue weighted by Crippen LogP contribution is 2.35. The van der Waals surface area contributed by atoms with Gasteiger partial charge in [-0.3, -0.25) is 4.98 Å². The van der Waals surface area contributed by atoms with Crippen LogP contribution >= 0.6 is 0 Å². The first kappa shape index (κ1) is 12.2. The predicted molar refractivity (Wildman–Crippen MR) is 86.8 cm³/mol. The maximum atomic E-state index is 4.51. The van der Waals surface area contributed by atoms with Gasteiger partial charge in [-0.05, 0) is 30.2 Å². The van der Waals surface area contributed by atoms with Crippen molar-refractivity contribution in [3.05, 3.63) is 78.5 Å². The Kier molecular flexibility index (Phi) is 2.93. The molecular weight excluding hydrogens is 256 g/mol. The lowest BCUT2D eigenvalue weighted by Gasteiger charge is -2.20. The summed E-state index contributed by atoms with van der Waals surface area (Å²) in [6.45, 7) is 1.04. The molecule has 0 amide bonds. The van der Waals surface area contributed by atoms with Crippen LogP contribution in [0.1, 0.15) is 5.56 Å². The summed E-state index contributed by atoms with van der Waals surface area (Å²) in [6.07, 6.45) is 3.01. The molecule has 0 unspecified atom stereocenters. The Morgan fingerprint density at radius 3 is 2.57 bits per heavy atom. The molecule has 21 heavy (non-hydrogen) atoms. The number of hydrogen-bond acceptors (Lipinski definition) is 2. The second-order valence-electron chi connectivity index (χ2n) is 5.30. The van der Waals surface area contributed by atoms with Gasteiger partial charge in [-0.2, -0.15) is 0 Å². The molecule has 2 nitrogen and oxygen atoms in total. The van der Waals surface area contributed by atoms with Crippen LogP contribution in [0.4, 0.5) is 11.4 Å². The highest BCUT2D eigenvalue weighted by Gasteiger charge is 2.19. The molecule has 1 aliphatic heterocycles. The Hall–Kier alpha value is -2.61. The fourth-order valence-corrected chi connectivity index (χ4v) is 2.96. The van der Waals surface area contributed by atoms with Gasteiger partial charge in [0.2, 0.25) is 0 Å². The zero-order valence-corrected chi connectivity index (χ0v) is 11.7. The van der Waals surface area contributed by atoms with E-state index < -0.39 is 0 Å². The van der Waals surface area contributed by atoms with Crippen molar-refractivity contribution in [2.24, 2.45) is 0 Å². The molecule has 0 spiro atoms. The van der Waals surface area contributed by atoms with E-state index in [4.69, 9.17) is 0 Å². The van der Waals surface area contributed by atoms with E-state index in [-0.39, 0.29) is 0 Å². The molecule has 1 aromatic heterocycles. The highest BCUT2D eigenvalue weighted by molar-refractivity contribution is 5.73. The second kappa shape index (κ2) is 5.06. The maximum absolute atomic E-state index is 4.51. The minimum atomic E-state index is 1.03. The number of hydrogen-bond donors (Lipinski definition) is 0. The third-order valence-electron chi connectivity index (χ3n) is 4.01. The van der Waals surface area contributed by atoms with Crippen LogP contribution in [0, 0.1) is 0 Å².